The summed E-state index contributed by atoms with van der Waals surface area (Å²) in [6.45, 7) is 2.26. The molecule has 1 aromatic carbocycles. The second-order valence-electron chi connectivity index (χ2n) is 8.26. The maximum Gasteiger partial charge on any atom is 0.303 e. The van der Waals surface area contributed by atoms with Crippen LogP contribution in [0.15, 0.2) is 24.3 Å². The Bertz CT molecular complexity index is 540. The summed E-state index contributed by atoms with van der Waals surface area (Å²) < 4.78 is 0. The Kier molecular flexibility index (Phi) is 10.3. The maximum absolute atomic E-state index is 10.6. The Morgan fingerprint density at radius 2 is 1.70 bits per heavy atom. The van der Waals surface area contributed by atoms with Crippen molar-refractivity contribution in [2.24, 2.45) is 5.92 Å². The number of hydrogen-bond donors (Lipinski definition) is 1. The van der Waals surface area contributed by atoms with Crippen LogP contribution in [0.3, 0.4) is 0 Å². The molecule has 0 aliphatic heterocycles. The predicted octanol–water partition coefficient (Wildman–Crippen LogP) is 7.34. The molecule has 1 aliphatic rings. The first kappa shape index (κ1) is 22.3. The lowest BCUT2D eigenvalue weighted by atomic mass is 9.85. The fourth-order valence-corrected chi connectivity index (χ4v) is 4.94. The minimum atomic E-state index is -0.680. The third-order valence-corrected chi connectivity index (χ3v) is 6.68. The molecule has 1 aromatic rings. The molecule has 0 spiro atoms. The highest BCUT2D eigenvalue weighted by Gasteiger charge is 2.35. The van der Waals surface area contributed by atoms with Crippen LogP contribution in [0.25, 0.3) is 0 Å². The molecule has 1 saturated carbocycles. The molecule has 152 valence electrons. The highest BCUT2D eigenvalue weighted by molar-refractivity contribution is 6.21. The summed E-state index contributed by atoms with van der Waals surface area (Å²) in [6.07, 6.45) is 14.4. The van der Waals surface area contributed by atoms with Crippen LogP contribution in [0.1, 0.15) is 101 Å². The molecule has 2 unspecified atom stereocenters. The third kappa shape index (κ3) is 7.86. The summed E-state index contributed by atoms with van der Waals surface area (Å²) in [4.78, 5) is 10.6. The van der Waals surface area contributed by atoms with Crippen LogP contribution in [0.5, 0.6) is 0 Å². The van der Waals surface area contributed by atoms with Gasteiger partial charge in [0.05, 0.1) is 0 Å². The van der Waals surface area contributed by atoms with Crippen LogP contribution < -0.4 is 0 Å². The van der Waals surface area contributed by atoms with E-state index in [1.165, 1.54) is 62.5 Å². The van der Waals surface area contributed by atoms with Crippen molar-refractivity contribution in [1.29, 1.82) is 0 Å². The summed E-state index contributed by atoms with van der Waals surface area (Å²) in [5.41, 5.74) is 2.93. The number of halogens is 1. The molecule has 2 nitrogen and oxygen atoms in total. The van der Waals surface area contributed by atoms with Gasteiger partial charge in [-0.1, -0.05) is 69.7 Å². The summed E-state index contributed by atoms with van der Waals surface area (Å²) in [6, 6.07) is 9.33. The molecule has 0 radical (unpaired) electrons. The van der Waals surface area contributed by atoms with Crippen LogP contribution in [0.4, 0.5) is 0 Å². The van der Waals surface area contributed by atoms with Crippen molar-refractivity contribution in [2.75, 3.05) is 0 Å². The second kappa shape index (κ2) is 12.4. The van der Waals surface area contributed by atoms with Crippen molar-refractivity contribution in [3.63, 3.8) is 0 Å². The molecule has 1 aliphatic carbocycles. The predicted molar refractivity (Wildman–Crippen MR) is 115 cm³/mol. The Morgan fingerprint density at radius 1 is 1.00 bits per heavy atom. The number of carboxylic acids is 1. The van der Waals surface area contributed by atoms with Crippen molar-refractivity contribution in [3.8, 4) is 0 Å². The van der Waals surface area contributed by atoms with Crippen molar-refractivity contribution in [1.82, 2.24) is 0 Å². The topological polar surface area (TPSA) is 37.3 Å². The first-order chi connectivity index (χ1) is 13.1. The lowest BCUT2D eigenvalue weighted by Crippen LogP contribution is -2.14. The Labute approximate surface area is 170 Å². The van der Waals surface area contributed by atoms with Gasteiger partial charge in [-0.05, 0) is 61.5 Å². The summed E-state index contributed by atoms with van der Waals surface area (Å²) >= 11 is 6.66. The molecular weight excluding hydrogens is 356 g/mol. The van der Waals surface area contributed by atoms with Gasteiger partial charge >= 0.3 is 5.97 Å². The van der Waals surface area contributed by atoms with Gasteiger partial charge in [0, 0.05) is 11.8 Å². The van der Waals surface area contributed by atoms with Gasteiger partial charge in [-0.3, -0.25) is 4.79 Å². The zero-order valence-corrected chi connectivity index (χ0v) is 17.7. The lowest BCUT2D eigenvalue weighted by Gasteiger charge is -2.22. The van der Waals surface area contributed by atoms with Crippen LogP contribution in [0.2, 0.25) is 0 Å². The smallest absolute Gasteiger partial charge is 0.303 e. The van der Waals surface area contributed by atoms with E-state index in [1.807, 2.05) is 0 Å². The second-order valence-corrected chi connectivity index (χ2v) is 8.82. The van der Waals surface area contributed by atoms with Gasteiger partial charge in [-0.15, -0.1) is 11.6 Å². The highest BCUT2D eigenvalue weighted by Crippen LogP contribution is 2.45. The molecule has 0 saturated heterocycles. The van der Waals surface area contributed by atoms with Gasteiger partial charge in [0.1, 0.15) is 0 Å². The molecule has 0 amide bonds. The summed E-state index contributed by atoms with van der Waals surface area (Å²) in [5.74, 6) is 0.489. The minimum Gasteiger partial charge on any atom is -0.481 e. The number of aryl methyl sites for hydroxylation is 1. The molecule has 1 fully saturated rings. The average Bonchev–Trinajstić information content (AvgIpc) is 3.02. The van der Waals surface area contributed by atoms with Gasteiger partial charge in [-0.2, -0.15) is 0 Å². The normalized spacial score (nSPS) is 22.2. The molecule has 0 bridgehead atoms. The number of alkyl halides is 1. The number of aliphatic carboxylic acids is 1. The SMILES string of the molecule is CCCCCCc1ccc([C@H]2CCC(Cl)C2CCCCCCC(=O)O)cc1. The van der Waals surface area contributed by atoms with E-state index in [1.54, 1.807) is 0 Å². The fourth-order valence-electron chi connectivity index (χ4n) is 4.51. The highest BCUT2D eigenvalue weighted by atomic mass is 35.5. The van der Waals surface area contributed by atoms with Crippen molar-refractivity contribution in [3.05, 3.63) is 35.4 Å². The third-order valence-electron chi connectivity index (χ3n) is 6.14. The average molecular weight is 393 g/mol. The fraction of sp³-hybridized carbons (Fsp3) is 0.708. The van der Waals surface area contributed by atoms with E-state index in [0.717, 1.165) is 25.7 Å². The standard InChI is InChI=1S/C24H37ClO2/c1-2-3-4-7-10-19-13-15-20(16-14-19)21-17-18-23(25)22(21)11-8-5-6-9-12-24(26)27/h13-16,21-23H,2-12,17-18H2,1H3,(H,26,27)/t21-,22?,23?/m1/s1. The molecule has 3 heteroatoms. The van der Waals surface area contributed by atoms with E-state index in [-0.39, 0.29) is 0 Å². The molecule has 2 rings (SSSR count). The van der Waals surface area contributed by atoms with E-state index in [0.29, 0.717) is 23.6 Å². The Hall–Kier alpha value is -1.02. The lowest BCUT2D eigenvalue weighted by molar-refractivity contribution is -0.137. The van der Waals surface area contributed by atoms with Gasteiger partial charge in [0.15, 0.2) is 0 Å². The van der Waals surface area contributed by atoms with Crippen molar-refractivity contribution in [2.45, 2.75) is 102 Å². The van der Waals surface area contributed by atoms with Gasteiger partial charge in [-0.25, -0.2) is 0 Å². The number of unbranched alkanes of at least 4 members (excludes halogenated alkanes) is 6. The quantitative estimate of drug-likeness (QED) is 0.281. The maximum atomic E-state index is 10.6. The number of hydrogen-bond acceptors (Lipinski definition) is 1. The molecule has 0 heterocycles. The number of carboxylic acid groups (broad SMARTS) is 1. The minimum absolute atomic E-state index is 0.294. The van der Waals surface area contributed by atoms with E-state index >= 15 is 0 Å². The zero-order chi connectivity index (χ0) is 19.5. The van der Waals surface area contributed by atoms with Crippen molar-refractivity contribution >= 4 is 17.6 Å². The van der Waals surface area contributed by atoms with E-state index in [2.05, 4.69) is 31.2 Å². The Balaban J connectivity index is 1.78. The molecule has 27 heavy (non-hydrogen) atoms. The van der Waals surface area contributed by atoms with Gasteiger partial charge in [0.25, 0.3) is 0 Å². The van der Waals surface area contributed by atoms with Crippen LogP contribution >= 0.6 is 11.6 Å². The first-order valence-electron chi connectivity index (χ1n) is 11.1. The molecule has 3 atom stereocenters. The van der Waals surface area contributed by atoms with Crippen LogP contribution in [-0.2, 0) is 11.2 Å². The summed E-state index contributed by atoms with van der Waals surface area (Å²) in [7, 11) is 0. The molecular formula is C24H37ClO2. The van der Waals surface area contributed by atoms with E-state index in [4.69, 9.17) is 16.7 Å². The van der Waals surface area contributed by atoms with Crippen LogP contribution in [-0.4, -0.2) is 16.5 Å². The molecule has 1 N–H and O–H groups in total. The summed E-state index contributed by atoms with van der Waals surface area (Å²) in [5, 5.41) is 9.01. The van der Waals surface area contributed by atoms with Crippen LogP contribution in [0, 0.1) is 5.92 Å². The van der Waals surface area contributed by atoms with Gasteiger partial charge in [0.2, 0.25) is 0 Å². The van der Waals surface area contributed by atoms with E-state index < -0.39 is 5.97 Å². The largest absolute Gasteiger partial charge is 0.481 e. The molecule has 0 aromatic heterocycles. The number of rotatable bonds is 13. The van der Waals surface area contributed by atoms with E-state index in [9.17, 15) is 4.79 Å². The zero-order valence-electron chi connectivity index (χ0n) is 17.0. The monoisotopic (exact) mass is 392 g/mol. The van der Waals surface area contributed by atoms with Crippen molar-refractivity contribution < 1.29 is 9.90 Å². The first-order valence-corrected chi connectivity index (χ1v) is 11.5. The van der Waals surface area contributed by atoms with Gasteiger partial charge < -0.3 is 5.11 Å². The Morgan fingerprint density at radius 3 is 2.41 bits per heavy atom. The number of benzene rings is 1. The number of carbonyl (C=O) groups is 1.